The molecule has 0 aliphatic rings. The van der Waals surface area contributed by atoms with Gasteiger partial charge in [0, 0.05) is 21.8 Å². The van der Waals surface area contributed by atoms with Gasteiger partial charge in [0.15, 0.2) is 6.19 Å². The van der Waals surface area contributed by atoms with Crippen molar-refractivity contribution in [3.05, 3.63) is 28.2 Å². The molecule has 0 amide bonds. The third-order valence-corrected chi connectivity index (χ3v) is 2.12. The van der Waals surface area contributed by atoms with Crippen molar-refractivity contribution in [2.45, 2.75) is 19.9 Å². The van der Waals surface area contributed by atoms with E-state index in [0.717, 1.165) is 0 Å². The first-order valence-corrected chi connectivity index (χ1v) is 5.73. The molecule has 0 aromatic heterocycles. The lowest BCUT2D eigenvalue weighted by Gasteiger charge is -2.10. The van der Waals surface area contributed by atoms with Crippen molar-refractivity contribution in [2.75, 3.05) is 5.32 Å². The maximum atomic E-state index is 8.60. The Hall–Kier alpha value is -1.44. The van der Waals surface area contributed by atoms with Crippen LogP contribution in [0.4, 0.5) is 5.69 Å². The fourth-order valence-electron chi connectivity index (χ4n) is 1.17. The maximum Gasteiger partial charge on any atom is 0.209 e. The van der Waals surface area contributed by atoms with Gasteiger partial charge in [0.1, 0.15) is 0 Å². The summed E-state index contributed by atoms with van der Waals surface area (Å²) in [6, 6.07) is 5.09. The topological polar surface area (TPSA) is 60.2 Å². The Kier molecular flexibility index (Phi) is 5.08. The smallest absolute Gasteiger partial charge is 0.209 e. The summed E-state index contributed by atoms with van der Waals surface area (Å²) in [5.74, 6) is 0.362. The third-order valence-electron chi connectivity index (χ3n) is 1.69. The maximum absolute atomic E-state index is 8.60. The van der Waals surface area contributed by atoms with E-state index >= 15 is 0 Å². The number of guanidine groups is 1. The molecule has 0 unspecified atom stereocenters. The normalized spacial score (nSPS) is 11.2. The lowest BCUT2D eigenvalue weighted by Crippen LogP contribution is -2.27. The van der Waals surface area contributed by atoms with Crippen molar-refractivity contribution in [3.63, 3.8) is 0 Å². The van der Waals surface area contributed by atoms with Gasteiger partial charge in [-0.05, 0) is 32.0 Å². The number of benzene rings is 1. The van der Waals surface area contributed by atoms with Crippen LogP contribution in [0.25, 0.3) is 0 Å². The number of nitrogens with one attached hydrogen (secondary N) is 2. The van der Waals surface area contributed by atoms with Gasteiger partial charge < -0.3 is 5.32 Å². The largest absolute Gasteiger partial charge is 0.325 e. The number of rotatable bonds is 2. The van der Waals surface area contributed by atoms with Crippen molar-refractivity contribution in [2.24, 2.45) is 4.99 Å². The molecule has 0 radical (unpaired) electrons. The first-order valence-electron chi connectivity index (χ1n) is 4.97. The number of aliphatic imine (C=N–C) groups is 1. The Morgan fingerprint density at radius 3 is 2.35 bits per heavy atom. The number of halogens is 2. The number of hydrogen-bond donors (Lipinski definition) is 2. The number of nitriles is 1. The van der Waals surface area contributed by atoms with Gasteiger partial charge in [0.05, 0.1) is 0 Å². The molecule has 1 aromatic carbocycles. The molecule has 0 heterocycles. The summed E-state index contributed by atoms with van der Waals surface area (Å²) in [6.07, 6.45) is 1.81. The first kappa shape index (κ1) is 13.6. The highest BCUT2D eigenvalue weighted by molar-refractivity contribution is 6.35. The average Bonchev–Trinajstić information content (AvgIpc) is 2.14. The Morgan fingerprint density at radius 1 is 1.29 bits per heavy atom. The van der Waals surface area contributed by atoms with E-state index in [2.05, 4.69) is 15.6 Å². The summed E-state index contributed by atoms with van der Waals surface area (Å²) in [7, 11) is 0. The van der Waals surface area contributed by atoms with Crippen LogP contribution in [0, 0.1) is 11.5 Å². The van der Waals surface area contributed by atoms with Gasteiger partial charge >= 0.3 is 0 Å². The summed E-state index contributed by atoms with van der Waals surface area (Å²) in [5.41, 5.74) is 0.671. The molecule has 1 aromatic rings. The zero-order valence-corrected chi connectivity index (χ0v) is 11.0. The zero-order chi connectivity index (χ0) is 12.8. The number of hydrogen-bond acceptors (Lipinski definition) is 2. The summed E-state index contributed by atoms with van der Waals surface area (Å²) < 4.78 is 0. The van der Waals surface area contributed by atoms with Gasteiger partial charge in [-0.2, -0.15) is 5.26 Å². The van der Waals surface area contributed by atoms with Crippen LogP contribution < -0.4 is 10.6 Å². The van der Waals surface area contributed by atoms with Crippen LogP contribution in [-0.4, -0.2) is 12.0 Å². The fourth-order valence-corrected chi connectivity index (χ4v) is 1.70. The van der Waals surface area contributed by atoms with E-state index in [1.54, 1.807) is 18.2 Å². The van der Waals surface area contributed by atoms with Gasteiger partial charge in [-0.3, -0.25) is 5.32 Å². The standard InChI is InChI=1S/C11H12Cl2N4/c1-7(2)16-11(15-6-14)17-10-4-8(12)3-9(13)5-10/h3-5,7H,1-2H3,(H2,15,16,17). The SMILES string of the molecule is CC(C)/N=C(\NC#N)Nc1cc(Cl)cc(Cl)c1. The van der Waals surface area contributed by atoms with Crippen LogP contribution in [0.2, 0.25) is 10.0 Å². The number of anilines is 1. The molecule has 0 spiro atoms. The van der Waals surface area contributed by atoms with Crippen molar-refractivity contribution in [1.29, 1.82) is 5.26 Å². The Balaban J connectivity index is 2.90. The predicted molar refractivity (Wildman–Crippen MR) is 71.4 cm³/mol. The minimum atomic E-state index is 0.0630. The lowest BCUT2D eigenvalue weighted by atomic mass is 10.3. The van der Waals surface area contributed by atoms with Crippen LogP contribution in [0.1, 0.15) is 13.8 Å². The molecule has 1 rings (SSSR count). The van der Waals surface area contributed by atoms with Crippen molar-refractivity contribution < 1.29 is 0 Å². The van der Waals surface area contributed by atoms with Crippen molar-refractivity contribution in [3.8, 4) is 6.19 Å². The molecule has 6 heteroatoms. The van der Waals surface area contributed by atoms with E-state index < -0.39 is 0 Å². The van der Waals surface area contributed by atoms with Crippen LogP contribution >= 0.6 is 23.2 Å². The molecule has 2 N–H and O–H groups in total. The summed E-state index contributed by atoms with van der Waals surface area (Å²) in [4.78, 5) is 4.21. The first-order chi connectivity index (χ1) is 8.01. The molecule has 0 aliphatic heterocycles. The van der Waals surface area contributed by atoms with Gasteiger partial charge in [-0.15, -0.1) is 0 Å². The molecular formula is C11H12Cl2N4. The molecule has 17 heavy (non-hydrogen) atoms. The average molecular weight is 271 g/mol. The molecule has 0 aliphatic carbocycles. The van der Waals surface area contributed by atoms with E-state index in [1.165, 1.54) is 0 Å². The Morgan fingerprint density at radius 2 is 1.88 bits per heavy atom. The van der Waals surface area contributed by atoms with Gasteiger partial charge in [0.25, 0.3) is 0 Å². The predicted octanol–water partition coefficient (Wildman–Crippen LogP) is 3.24. The Labute approximate surface area is 110 Å². The third kappa shape index (κ3) is 4.94. The van der Waals surface area contributed by atoms with Crippen molar-refractivity contribution >= 4 is 34.8 Å². The highest BCUT2D eigenvalue weighted by Gasteiger charge is 2.03. The minimum absolute atomic E-state index is 0.0630. The fraction of sp³-hybridized carbons (Fsp3) is 0.273. The van der Waals surface area contributed by atoms with Gasteiger partial charge in [-0.1, -0.05) is 23.2 Å². The second kappa shape index (κ2) is 6.33. The van der Waals surface area contributed by atoms with E-state index in [9.17, 15) is 0 Å². The quantitative estimate of drug-likeness (QED) is 0.375. The second-order valence-corrected chi connectivity index (χ2v) is 4.46. The minimum Gasteiger partial charge on any atom is -0.325 e. The van der Waals surface area contributed by atoms with Crippen LogP contribution in [0.5, 0.6) is 0 Å². The van der Waals surface area contributed by atoms with E-state index in [1.807, 2.05) is 20.0 Å². The van der Waals surface area contributed by atoms with E-state index in [4.69, 9.17) is 28.5 Å². The van der Waals surface area contributed by atoms with E-state index in [0.29, 0.717) is 21.7 Å². The highest BCUT2D eigenvalue weighted by Crippen LogP contribution is 2.22. The molecular weight excluding hydrogens is 259 g/mol. The summed E-state index contributed by atoms with van der Waals surface area (Å²) in [5, 5.41) is 15.0. The molecule has 0 saturated carbocycles. The second-order valence-electron chi connectivity index (χ2n) is 3.59. The molecule has 0 bridgehead atoms. The Bertz CT molecular complexity index is 443. The number of nitrogens with zero attached hydrogens (tertiary/aromatic N) is 2. The molecule has 0 atom stereocenters. The van der Waals surface area contributed by atoms with Crippen molar-refractivity contribution in [1.82, 2.24) is 5.32 Å². The van der Waals surface area contributed by atoms with E-state index in [-0.39, 0.29) is 6.04 Å². The molecule has 90 valence electrons. The van der Waals surface area contributed by atoms with Crippen LogP contribution in [0.15, 0.2) is 23.2 Å². The van der Waals surface area contributed by atoms with Gasteiger partial charge in [0.2, 0.25) is 5.96 Å². The molecule has 0 saturated heterocycles. The molecule has 0 fully saturated rings. The summed E-state index contributed by atoms with van der Waals surface area (Å²) in [6.45, 7) is 3.82. The highest BCUT2D eigenvalue weighted by atomic mass is 35.5. The van der Waals surface area contributed by atoms with Crippen LogP contribution in [0.3, 0.4) is 0 Å². The summed E-state index contributed by atoms with van der Waals surface area (Å²) >= 11 is 11.7. The molecule has 4 nitrogen and oxygen atoms in total. The zero-order valence-electron chi connectivity index (χ0n) is 9.46. The lowest BCUT2D eigenvalue weighted by molar-refractivity contribution is 0.829. The van der Waals surface area contributed by atoms with Crippen LogP contribution in [-0.2, 0) is 0 Å². The monoisotopic (exact) mass is 270 g/mol. The van der Waals surface area contributed by atoms with Gasteiger partial charge in [-0.25, -0.2) is 4.99 Å².